The van der Waals surface area contributed by atoms with E-state index in [1.807, 2.05) is 31.2 Å². The molecule has 2 heterocycles. The minimum absolute atomic E-state index is 0.188. The number of fused-ring (bicyclic) bond motifs is 1. The van der Waals surface area contributed by atoms with E-state index < -0.39 is 11.7 Å². The second-order valence-electron chi connectivity index (χ2n) is 6.51. The lowest BCUT2D eigenvalue weighted by molar-refractivity contribution is -0.137. The van der Waals surface area contributed by atoms with Crippen LogP contribution in [0.2, 0.25) is 0 Å². The molecule has 0 bridgehead atoms. The lowest BCUT2D eigenvalue weighted by atomic mass is 10.1. The van der Waals surface area contributed by atoms with Crippen LogP contribution in [-0.2, 0) is 12.7 Å². The number of nitrogens with zero attached hydrogens (tertiary/aromatic N) is 4. The maximum Gasteiger partial charge on any atom is 0.416 e. The minimum Gasteiger partial charge on any atom is -0.294 e. The molecule has 5 nitrogen and oxygen atoms in total. The van der Waals surface area contributed by atoms with Crippen molar-refractivity contribution in [3.63, 3.8) is 0 Å². The quantitative estimate of drug-likeness (QED) is 0.537. The van der Waals surface area contributed by atoms with Crippen molar-refractivity contribution in [1.29, 1.82) is 0 Å². The van der Waals surface area contributed by atoms with Gasteiger partial charge in [0.15, 0.2) is 5.65 Å². The molecule has 0 radical (unpaired) electrons. The molecule has 28 heavy (non-hydrogen) atoms. The molecule has 0 N–H and O–H groups in total. The smallest absolute Gasteiger partial charge is 0.294 e. The molecule has 0 unspecified atom stereocenters. The molecule has 0 amide bonds. The van der Waals surface area contributed by atoms with E-state index in [0.717, 1.165) is 23.3 Å². The topological polar surface area (TPSA) is 52.7 Å². The highest BCUT2D eigenvalue weighted by molar-refractivity contribution is 5.75. The Bertz CT molecular complexity index is 1220. The summed E-state index contributed by atoms with van der Waals surface area (Å²) in [5, 5.41) is 4.33. The van der Waals surface area contributed by atoms with Gasteiger partial charge in [-0.05, 0) is 30.7 Å². The highest BCUT2D eigenvalue weighted by atomic mass is 19.4. The summed E-state index contributed by atoms with van der Waals surface area (Å²) >= 11 is 0. The number of hydrogen-bond acceptors (Lipinski definition) is 3. The predicted octanol–water partition coefficient (Wildman–Crippen LogP) is 3.96. The summed E-state index contributed by atoms with van der Waals surface area (Å²) in [5.41, 5.74) is 1.34. The maximum absolute atomic E-state index is 13.0. The van der Waals surface area contributed by atoms with Gasteiger partial charge < -0.3 is 0 Å². The van der Waals surface area contributed by atoms with Crippen molar-refractivity contribution in [2.75, 3.05) is 0 Å². The van der Waals surface area contributed by atoms with Crippen molar-refractivity contribution >= 4 is 11.0 Å². The lowest BCUT2D eigenvalue weighted by Gasteiger charge is -2.09. The third-order valence-electron chi connectivity index (χ3n) is 4.41. The summed E-state index contributed by atoms with van der Waals surface area (Å²) < 4.78 is 41.6. The number of alkyl halides is 3. The molecule has 0 atom stereocenters. The van der Waals surface area contributed by atoms with Crippen LogP contribution in [0.3, 0.4) is 0 Å². The molecule has 2 aromatic heterocycles. The number of halogens is 3. The van der Waals surface area contributed by atoms with E-state index in [2.05, 4.69) is 10.1 Å². The Kier molecular flexibility index (Phi) is 4.26. The molecule has 0 aliphatic carbocycles. The third-order valence-corrected chi connectivity index (χ3v) is 4.41. The second-order valence-corrected chi connectivity index (χ2v) is 6.51. The monoisotopic (exact) mass is 384 g/mol. The molecule has 4 rings (SSSR count). The van der Waals surface area contributed by atoms with E-state index in [1.165, 1.54) is 33.9 Å². The van der Waals surface area contributed by atoms with E-state index in [-0.39, 0.29) is 22.3 Å². The normalized spacial score (nSPS) is 11.9. The van der Waals surface area contributed by atoms with Crippen LogP contribution in [0.5, 0.6) is 0 Å². The fraction of sp³-hybridized carbons (Fsp3) is 0.150. The Labute approximate surface area is 157 Å². The van der Waals surface area contributed by atoms with Crippen LogP contribution >= 0.6 is 0 Å². The Hall–Kier alpha value is -3.42. The Morgan fingerprint density at radius 1 is 1.07 bits per heavy atom. The van der Waals surface area contributed by atoms with Crippen molar-refractivity contribution in [2.24, 2.45) is 0 Å². The second kappa shape index (κ2) is 6.63. The van der Waals surface area contributed by atoms with Crippen molar-refractivity contribution in [1.82, 2.24) is 19.3 Å². The van der Waals surface area contributed by atoms with Gasteiger partial charge in [0, 0.05) is 0 Å². The SMILES string of the molecule is Cc1cccc(Cn2cnc3c(cnn3-c3cccc(C(F)(F)F)c3)c2=O)c1. The van der Waals surface area contributed by atoms with Crippen LogP contribution in [0.15, 0.2) is 65.8 Å². The van der Waals surface area contributed by atoms with Gasteiger partial charge in [0.25, 0.3) is 5.56 Å². The Morgan fingerprint density at radius 3 is 2.61 bits per heavy atom. The summed E-state index contributed by atoms with van der Waals surface area (Å²) in [6.07, 6.45) is -1.75. The van der Waals surface area contributed by atoms with Gasteiger partial charge in [-0.2, -0.15) is 18.3 Å². The van der Waals surface area contributed by atoms with Crippen molar-refractivity contribution in [2.45, 2.75) is 19.6 Å². The molecule has 8 heteroatoms. The van der Waals surface area contributed by atoms with Crippen LogP contribution < -0.4 is 5.56 Å². The zero-order valence-electron chi connectivity index (χ0n) is 14.8. The van der Waals surface area contributed by atoms with Gasteiger partial charge in [0.05, 0.1) is 24.0 Å². The van der Waals surface area contributed by atoms with Crippen LogP contribution in [0.4, 0.5) is 13.2 Å². The fourth-order valence-electron chi connectivity index (χ4n) is 3.07. The summed E-state index contributed by atoms with van der Waals surface area (Å²) in [4.78, 5) is 17.0. The first-order chi connectivity index (χ1) is 13.3. The van der Waals surface area contributed by atoms with E-state index in [9.17, 15) is 18.0 Å². The van der Waals surface area contributed by atoms with Crippen LogP contribution in [-0.4, -0.2) is 19.3 Å². The average molecular weight is 384 g/mol. The fourth-order valence-corrected chi connectivity index (χ4v) is 3.07. The summed E-state index contributed by atoms with van der Waals surface area (Å²) in [7, 11) is 0. The molecule has 0 saturated carbocycles. The predicted molar refractivity (Wildman–Crippen MR) is 98.4 cm³/mol. The van der Waals surface area contributed by atoms with Gasteiger partial charge in [0.2, 0.25) is 0 Å². The van der Waals surface area contributed by atoms with E-state index in [1.54, 1.807) is 0 Å². The van der Waals surface area contributed by atoms with Gasteiger partial charge in [-0.3, -0.25) is 9.36 Å². The molecule has 0 fully saturated rings. The number of hydrogen-bond donors (Lipinski definition) is 0. The molecular formula is C20H15F3N4O. The van der Waals surface area contributed by atoms with E-state index in [0.29, 0.717) is 6.54 Å². The number of aromatic nitrogens is 4. The zero-order valence-corrected chi connectivity index (χ0v) is 14.8. The zero-order chi connectivity index (χ0) is 19.9. The van der Waals surface area contributed by atoms with Crippen molar-refractivity contribution in [3.8, 4) is 5.69 Å². The third kappa shape index (κ3) is 3.28. The standard InChI is InChI=1S/C20H15F3N4O/c1-13-4-2-5-14(8-13)11-26-12-24-18-17(19(26)28)10-25-27(18)16-7-3-6-15(9-16)20(21,22)23/h2-10,12H,11H2,1H3. The molecular weight excluding hydrogens is 369 g/mol. The van der Waals surface area contributed by atoms with Gasteiger partial charge in [-0.25, -0.2) is 9.67 Å². The Morgan fingerprint density at radius 2 is 1.86 bits per heavy atom. The van der Waals surface area contributed by atoms with Crippen LogP contribution in [0, 0.1) is 6.92 Å². The van der Waals surface area contributed by atoms with Crippen molar-refractivity contribution < 1.29 is 13.2 Å². The molecule has 4 aromatic rings. The number of aryl methyl sites for hydroxylation is 1. The van der Waals surface area contributed by atoms with Gasteiger partial charge in [-0.15, -0.1) is 0 Å². The van der Waals surface area contributed by atoms with Crippen LogP contribution in [0.1, 0.15) is 16.7 Å². The summed E-state index contributed by atoms with van der Waals surface area (Å²) in [6.45, 7) is 2.31. The molecule has 142 valence electrons. The molecule has 2 aromatic carbocycles. The largest absolute Gasteiger partial charge is 0.416 e. The average Bonchev–Trinajstić information content (AvgIpc) is 3.08. The maximum atomic E-state index is 13.0. The van der Waals surface area contributed by atoms with Gasteiger partial charge >= 0.3 is 6.18 Å². The summed E-state index contributed by atoms with van der Waals surface area (Å²) in [6, 6.07) is 12.5. The van der Waals surface area contributed by atoms with Gasteiger partial charge in [0.1, 0.15) is 11.7 Å². The first-order valence-electron chi connectivity index (χ1n) is 8.49. The number of benzene rings is 2. The highest BCUT2D eigenvalue weighted by Crippen LogP contribution is 2.30. The van der Waals surface area contributed by atoms with Gasteiger partial charge in [-0.1, -0.05) is 35.9 Å². The molecule has 0 saturated heterocycles. The molecule has 0 spiro atoms. The summed E-state index contributed by atoms with van der Waals surface area (Å²) in [5.74, 6) is 0. The number of rotatable bonds is 3. The minimum atomic E-state index is -4.47. The van der Waals surface area contributed by atoms with E-state index in [4.69, 9.17) is 0 Å². The first-order valence-corrected chi connectivity index (χ1v) is 8.49. The Balaban J connectivity index is 1.76. The highest BCUT2D eigenvalue weighted by Gasteiger charge is 2.30. The molecule has 0 aliphatic rings. The van der Waals surface area contributed by atoms with E-state index >= 15 is 0 Å². The molecule has 0 aliphatic heterocycles. The first kappa shape index (κ1) is 18.0. The van der Waals surface area contributed by atoms with Crippen molar-refractivity contribution in [3.05, 3.63) is 88.1 Å². The van der Waals surface area contributed by atoms with Crippen LogP contribution in [0.25, 0.3) is 16.7 Å². The lowest BCUT2D eigenvalue weighted by Crippen LogP contribution is -2.21.